The van der Waals surface area contributed by atoms with Gasteiger partial charge in [0, 0.05) is 12.6 Å². The number of nitrogen functional groups attached to an aromatic ring is 1. The van der Waals surface area contributed by atoms with Crippen molar-refractivity contribution in [2.24, 2.45) is 0 Å². The number of rotatable bonds is 4. The molecule has 2 aromatic carbocycles. The van der Waals surface area contributed by atoms with Crippen LogP contribution in [0.3, 0.4) is 0 Å². The summed E-state index contributed by atoms with van der Waals surface area (Å²) in [5, 5.41) is 6.16. The lowest BCUT2D eigenvalue weighted by molar-refractivity contribution is -0.119. The molecule has 2 rings (SSSR count). The first-order chi connectivity index (χ1) is 9.95. The van der Waals surface area contributed by atoms with Gasteiger partial charge in [-0.2, -0.15) is 0 Å². The molecule has 110 valence electrons. The third kappa shape index (κ3) is 3.99. The van der Waals surface area contributed by atoms with Crippen molar-refractivity contribution in [3.63, 3.8) is 0 Å². The van der Waals surface area contributed by atoms with Crippen LogP contribution >= 0.6 is 0 Å². The molecule has 0 aliphatic rings. The number of aryl methyl sites for hydroxylation is 1. The molecular weight excluding hydrogens is 262 g/mol. The minimum absolute atomic E-state index is 0.0527. The molecule has 4 nitrogen and oxygen atoms in total. The molecule has 1 amide bonds. The van der Waals surface area contributed by atoms with Gasteiger partial charge >= 0.3 is 0 Å². The van der Waals surface area contributed by atoms with E-state index in [2.05, 4.69) is 16.7 Å². The topological polar surface area (TPSA) is 67.2 Å². The molecular formula is C17H21N3O. The lowest BCUT2D eigenvalue weighted by Crippen LogP contribution is -2.23. The van der Waals surface area contributed by atoms with E-state index in [1.54, 1.807) is 0 Å². The summed E-state index contributed by atoms with van der Waals surface area (Å²) in [4.78, 5) is 11.1. The fourth-order valence-electron chi connectivity index (χ4n) is 2.23. The Morgan fingerprint density at radius 3 is 2.57 bits per heavy atom. The summed E-state index contributed by atoms with van der Waals surface area (Å²) in [7, 11) is 0. The van der Waals surface area contributed by atoms with E-state index in [9.17, 15) is 4.79 Å². The summed E-state index contributed by atoms with van der Waals surface area (Å²) in [5.74, 6) is -0.0527. The van der Waals surface area contributed by atoms with Crippen LogP contribution < -0.4 is 16.4 Å². The van der Waals surface area contributed by atoms with Gasteiger partial charge in [0.05, 0.1) is 17.4 Å². The molecule has 1 unspecified atom stereocenters. The van der Waals surface area contributed by atoms with Gasteiger partial charge in [-0.05, 0) is 49.2 Å². The van der Waals surface area contributed by atoms with Crippen LogP contribution in [0.2, 0.25) is 0 Å². The molecule has 0 saturated carbocycles. The fraction of sp³-hybridized carbons (Fsp3) is 0.235. The zero-order valence-corrected chi connectivity index (χ0v) is 12.6. The van der Waals surface area contributed by atoms with E-state index >= 15 is 0 Å². The largest absolute Gasteiger partial charge is 0.397 e. The minimum Gasteiger partial charge on any atom is -0.397 e. The van der Waals surface area contributed by atoms with Crippen LogP contribution in [-0.2, 0) is 4.79 Å². The van der Waals surface area contributed by atoms with Gasteiger partial charge in [-0.25, -0.2) is 0 Å². The Morgan fingerprint density at radius 2 is 1.95 bits per heavy atom. The Hall–Kier alpha value is -2.49. The van der Waals surface area contributed by atoms with Crippen molar-refractivity contribution in [2.75, 3.05) is 11.1 Å². The molecule has 0 spiro atoms. The molecule has 0 heterocycles. The SMILES string of the molecule is CC(=O)NC(C)c1ccc(Nc2cccc(C)c2)c(N)c1. The summed E-state index contributed by atoms with van der Waals surface area (Å²) in [6.45, 7) is 5.49. The second-order valence-electron chi connectivity index (χ2n) is 5.26. The number of nitrogens with two attached hydrogens (primary N) is 1. The van der Waals surface area contributed by atoms with Crippen molar-refractivity contribution in [1.82, 2.24) is 5.32 Å². The maximum atomic E-state index is 11.1. The molecule has 2 aromatic rings. The van der Waals surface area contributed by atoms with E-state index < -0.39 is 0 Å². The normalized spacial score (nSPS) is 11.8. The van der Waals surface area contributed by atoms with E-state index in [1.807, 2.05) is 50.2 Å². The highest BCUT2D eigenvalue weighted by molar-refractivity contribution is 5.75. The van der Waals surface area contributed by atoms with E-state index in [4.69, 9.17) is 5.73 Å². The highest BCUT2D eigenvalue weighted by atomic mass is 16.1. The highest BCUT2D eigenvalue weighted by Crippen LogP contribution is 2.26. The van der Waals surface area contributed by atoms with Gasteiger partial charge in [0.15, 0.2) is 0 Å². The Kier molecular flexibility index (Phi) is 4.48. The van der Waals surface area contributed by atoms with Gasteiger partial charge in [0.25, 0.3) is 0 Å². The van der Waals surface area contributed by atoms with E-state index in [1.165, 1.54) is 12.5 Å². The number of hydrogen-bond acceptors (Lipinski definition) is 3. The fourth-order valence-corrected chi connectivity index (χ4v) is 2.23. The van der Waals surface area contributed by atoms with Gasteiger partial charge in [-0.1, -0.05) is 18.2 Å². The zero-order valence-electron chi connectivity index (χ0n) is 12.6. The molecule has 0 aromatic heterocycles. The summed E-state index contributed by atoms with van der Waals surface area (Å²) < 4.78 is 0. The van der Waals surface area contributed by atoms with Gasteiger partial charge in [0.2, 0.25) is 5.91 Å². The quantitative estimate of drug-likeness (QED) is 0.752. The Balaban J connectivity index is 2.17. The zero-order chi connectivity index (χ0) is 15.4. The molecule has 0 aliphatic heterocycles. The van der Waals surface area contributed by atoms with Crippen LogP contribution in [0.1, 0.15) is 31.0 Å². The van der Waals surface area contributed by atoms with Gasteiger partial charge in [-0.3, -0.25) is 4.79 Å². The lowest BCUT2D eigenvalue weighted by atomic mass is 10.1. The van der Waals surface area contributed by atoms with E-state index in [0.717, 1.165) is 16.9 Å². The molecule has 1 atom stereocenters. The summed E-state index contributed by atoms with van der Waals surface area (Å²) >= 11 is 0. The first kappa shape index (κ1) is 14.9. The second-order valence-corrected chi connectivity index (χ2v) is 5.26. The molecule has 4 N–H and O–H groups in total. The van der Waals surface area contributed by atoms with Gasteiger partial charge < -0.3 is 16.4 Å². The smallest absolute Gasteiger partial charge is 0.217 e. The Morgan fingerprint density at radius 1 is 1.19 bits per heavy atom. The third-order valence-corrected chi connectivity index (χ3v) is 3.29. The predicted octanol–water partition coefficient (Wildman–Crippen LogP) is 3.52. The first-order valence-corrected chi connectivity index (χ1v) is 6.96. The van der Waals surface area contributed by atoms with Crippen LogP contribution in [0.4, 0.5) is 17.1 Å². The van der Waals surface area contributed by atoms with Crippen LogP contribution in [0.15, 0.2) is 42.5 Å². The summed E-state index contributed by atoms with van der Waals surface area (Å²) in [6, 6.07) is 13.8. The molecule has 21 heavy (non-hydrogen) atoms. The summed E-state index contributed by atoms with van der Waals surface area (Å²) in [6.07, 6.45) is 0. The van der Waals surface area contributed by atoms with Crippen LogP contribution in [0.5, 0.6) is 0 Å². The number of benzene rings is 2. The molecule has 0 aliphatic carbocycles. The average Bonchev–Trinajstić information content (AvgIpc) is 2.40. The molecule has 0 radical (unpaired) electrons. The van der Waals surface area contributed by atoms with Crippen molar-refractivity contribution in [3.05, 3.63) is 53.6 Å². The second kappa shape index (κ2) is 6.31. The molecule has 0 bridgehead atoms. The Bertz CT molecular complexity index is 652. The van der Waals surface area contributed by atoms with Gasteiger partial charge in [0.1, 0.15) is 0 Å². The number of anilines is 3. The van der Waals surface area contributed by atoms with Crippen molar-refractivity contribution >= 4 is 23.0 Å². The number of nitrogens with one attached hydrogen (secondary N) is 2. The molecule has 0 fully saturated rings. The van der Waals surface area contributed by atoms with E-state index in [0.29, 0.717) is 5.69 Å². The maximum absolute atomic E-state index is 11.1. The average molecular weight is 283 g/mol. The number of carbonyl (C=O) groups excluding carboxylic acids is 1. The minimum atomic E-state index is -0.0576. The van der Waals surface area contributed by atoms with Crippen molar-refractivity contribution in [1.29, 1.82) is 0 Å². The highest BCUT2D eigenvalue weighted by Gasteiger charge is 2.09. The van der Waals surface area contributed by atoms with Crippen molar-refractivity contribution < 1.29 is 4.79 Å². The third-order valence-electron chi connectivity index (χ3n) is 3.29. The maximum Gasteiger partial charge on any atom is 0.217 e. The number of carbonyl (C=O) groups is 1. The monoisotopic (exact) mass is 283 g/mol. The first-order valence-electron chi connectivity index (χ1n) is 6.96. The van der Waals surface area contributed by atoms with Crippen LogP contribution in [-0.4, -0.2) is 5.91 Å². The number of hydrogen-bond donors (Lipinski definition) is 3. The standard InChI is InChI=1S/C17H21N3O/c1-11-5-4-6-15(9-11)20-17-8-7-14(10-16(17)18)12(2)19-13(3)21/h4-10,12,20H,18H2,1-3H3,(H,19,21). The molecule has 4 heteroatoms. The predicted molar refractivity (Wildman–Crippen MR) is 87.5 cm³/mol. The lowest BCUT2D eigenvalue weighted by Gasteiger charge is -2.16. The summed E-state index contributed by atoms with van der Waals surface area (Å²) in [5.41, 5.74) is 10.8. The molecule has 0 saturated heterocycles. The van der Waals surface area contributed by atoms with Gasteiger partial charge in [-0.15, -0.1) is 0 Å². The Labute approximate surface area is 125 Å². The van der Waals surface area contributed by atoms with Crippen molar-refractivity contribution in [3.8, 4) is 0 Å². The van der Waals surface area contributed by atoms with Crippen molar-refractivity contribution in [2.45, 2.75) is 26.8 Å². The van der Waals surface area contributed by atoms with Crippen LogP contribution in [0.25, 0.3) is 0 Å². The van der Waals surface area contributed by atoms with Crippen LogP contribution in [0, 0.1) is 6.92 Å². The van der Waals surface area contributed by atoms with E-state index in [-0.39, 0.29) is 11.9 Å². The number of amides is 1.